The quantitative estimate of drug-likeness (QED) is 0.419. The number of nitrogens with zero attached hydrogens (tertiary/aromatic N) is 1. The van der Waals surface area contributed by atoms with E-state index in [1.165, 1.54) is 6.26 Å². The number of oxazole rings is 1. The van der Waals surface area contributed by atoms with E-state index in [-0.39, 0.29) is 36.0 Å². The van der Waals surface area contributed by atoms with Crippen molar-refractivity contribution in [1.82, 2.24) is 4.98 Å². The minimum atomic E-state index is -1.26. The molecule has 8 nitrogen and oxygen atoms in total. The van der Waals surface area contributed by atoms with E-state index in [0.717, 1.165) is 18.4 Å². The second-order valence-electron chi connectivity index (χ2n) is 11.6. The zero-order valence-electron chi connectivity index (χ0n) is 22.2. The number of hydrogen-bond acceptors (Lipinski definition) is 8. The van der Waals surface area contributed by atoms with Gasteiger partial charge in [0.15, 0.2) is 0 Å². The Bertz CT molecular complexity index is 1010. The monoisotopic (exact) mass is 503 g/mol. The third kappa shape index (κ3) is 6.33. The lowest BCUT2D eigenvalue weighted by atomic mass is 9.73. The smallest absolute Gasteiger partial charge is 0.309 e. The number of ketones is 1. The molecule has 1 fully saturated rings. The molecule has 8 heteroatoms. The molecule has 2 heterocycles. The fourth-order valence-electron chi connectivity index (χ4n) is 5.14. The van der Waals surface area contributed by atoms with E-state index in [1.54, 1.807) is 26.8 Å². The highest BCUT2D eigenvalue weighted by Crippen LogP contribution is 2.58. The fourth-order valence-corrected chi connectivity index (χ4v) is 5.14. The molecular weight excluding hydrogens is 462 g/mol. The maximum absolute atomic E-state index is 13.2. The van der Waals surface area contributed by atoms with Gasteiger partial charge in [-0.1, -0.05) is 46.8 Å². The van der Waals surface area contributed by atoms with Crippen LogP contribution in [-0.4, -0.2) is 50.4 Å². The van der Waals surface area contributed by atoms with Gasteiger partial charge in [-0.2, -0.15) is 0 Å². The first-order valence-electron chi connectivity index (χ1n) is 12.8. The Labute approximate surface area is 213 Å². The van der Waals surface area contributed by atoms with Crippen LogP contribution in [-0.2, 0) is 20.9 Å². The van der Waals surface area contributed by atoms with E-state index in [9.17, 15) is 24.9 Å². The van der Waals surface area contributed by atoms with Gasteiger partial charge in [0.1, 0.15) is 30.5 Å². The summed E-state index contributed by atoms with van der Waals surface area (Å²) < 4.78 is 11.1. The molecule has 2 aliphatic rings. The standard InChI is InChI=1S/C28H41NO7/c1-16-8-7-9-28(6)13-19(28)11-21(17(2)10-20-15-35-23(14-30)29-20)36-24(32)12-22(31)27(4,5)26(34)18(3)25(16)33/h7-8,10,15-16,18-19,21-22,25,30-31,33H,9,11-14H2,1-6H3/t16-,18+,19?,21-,22-,25-,28?/m0/s1. The van der Waals surface area contributed by atoms with Crippen molar-refractivity contribution in [2.75, 3.05) is 0 Å². The van der Waals surface area contributed by atoms with Crippen molar-refractivity contribution >= 4 is 17.8 Å². The number of ether oxygens (including phenoxy) is 1. The zero-order chi connectivity index (χ0) is 26.8. The van der Waals surface area contributed by atoms with Gasteiger partial charge >= 0.3 is 5.97 Å². The maximum Gasteiger partial charge on any atom is 0.309 e. The summed E-state index contributed by atoms with van der Waals surface area (Å²) in [6.07, 6.45) is 6.68. The molecule has 0 radical (unpaired) electrons. The summed E-state index contributed by atoms with van der Waals surface area (Å²) in [6.45, 7) is 10.5. The van der Waals surface area contributed by atoms with Crippen LogP contribution in [0, 0.1) is 28.6 Å². The molecule has 0 aromatic carbocycles. The number of allylic oxidation sites excluding steroid dienone is 1. The molecule has 36 heavy (non-hydrogen) atoms. The summed E-state index contributed by atoms with van der Waals surface area (Å²) >= 11 is 0. The largest absolute Gasteiger partial charge is 0.458 e. The number of rotatable bonds is 3. The molecule has 2 unspecified atom stereocenters. The highest BCUT2D eigenvalue weighted by molar-refractivity contribution is 5.88. The third-order valence-corrected chi connectivity index (χ3v) is 8.22. The number of fused-ring (bicyclic) bond motifs is 1. The molecular formula is C28H41NO7. The van der Waals surface area contributed by atoms with E-state index >= 15 is 0 Å². The number of esters is 1. The van der Waals surface area contributed by atoms with Gasteiger partial charge in [0, 0.05) is 11.8 Å². The summed E-state index contributed by atoms with van der Waals surface area (Å²) in [7, 11) is 0. The lowest BCUT2D eigenvalue weighted by Gasteiger charge is -2.34. The van der Waals surface area contributed by atoms with Crippen molar-refractivity contribution in [1.29, 1.82) is 0 Å². The first-order valence-corrected chi connectivity index (χ1v) is 12.8. The van der Waals surface area contributed by atoms with Crippen molar-refractivity contribution in [3.05, 3.63) is 35.6 Å². The number of aliphatic hydroxyl groups excluding tert-OH is 3. The normalized spacial score (nSPS) is 36.3. The predicted molar refractivity (Wildman–Crippen MR) is 134 cm³/mol. The first-order chi connectivity index (χ1) is 16.8. The lowest BCUT2D eigenvalue weighted by molar-refractivity contribution is -0.154. The van der Waals surface area contributed by atoms with Gasteiger partial charge in [-0.25, -0.2) is 4.98 Å². The van der Waals surface area contributed by atoms with Gasteiger partial charge in [0.2, 0.25) is 5.89 Å². The Morgan fingerprint density at radius 1 is 1.22 bits per heavy atom. The topological polar surface area (TPSA) is 130 Å². The van der Waals surface area contributed by atoms with Crippen LogP contribution in [0.3, 0.4) is 0 Å². The highest BCUT2D eigenvalue weighted by Gasteiger charge is 2.50. The molecule has 1 aliphatic heterocycles. The van der Waals surface area contributed by atoms with Crippen LogP contribution in [0.15, 0.2) is 28.4 Å². The number of carbonyl (C=O) groups excluding carboxylic acids is 2. The molecule has 1 aromatic heterocycles. The second kappa shape index (κ2) is 11.0. The van der Waals surface area contributed by atoms with Crippen molar-refractivity contribution in [2.45, 2.75) is 92.1 Å². The van der Waals surface area contributed by atoms with E-state index in [2.05, 4.69) is 18.0 Å². The van der Waals surface area contributed by atoms with Gasteiger partial charge in [-0.3, -0.25) is 9.59 Å². The lowest BCUT2D eigenvalue weighted by Crippen LogP contribution is -2.45. The number of hydrogen-bond donors (Lipinski definition) is 3. The van der Waals surface area contributed by atoms with Crippen LogP contribution in [0.1, 0.15) is 78.8 Å². The summed E-state index contributed by atoms with van der Waals surface area (Å²) in [5, 5.41) is 30.9. The van der Waals surface area contributed by atoms with Crippen LogP contribution in [0.4, 0.5) is 0 Å². The number of aromatic nitrogens is 1. The molecule has 1 saturated carbocycles. The van der Waals surface area contributed by atoms with E-state index in [0.29, 0.717) is 18.0 Å². The van der Waals surface area contributed by atoms with Gasteiger partial charge in [-0.05, 0) is 49.2 Å². The molecule has 3 N–H and O–H groups in total. The Morgan fingerprint density at radius 2 is 1.92 bits per heavy atom. The molecule has 0 bridgehead atoms. The fraction of sp³-hybridized carbons (Fsp3) is 0.679. The Balaban J connectivity index is 1.89. The summed E-state index contributed by atoms with van der Waals surface area (Å²) in [5.74, 6) is -1.27. The minimum Gasteiger partial charge on any atom is -0.458 e. The SMILES string of the molecule is CC(=Cc1coc(CO)n1)[C@@H]1CC2CC2(C)CC=C[C@H](C)[C@H](O)[C@@H](C)C(=O)C(C)(C)[C@@H](O)CC(=O)O1. The number of aliphatic hydroxyl groups is 3. The van der Waals surface area contributed by atoms with Crippen molar-refractivity contribution in [3.63, 3.8) is 0 Å². The van der Waals surface area contributed by atoms with Crippen LogP contribution in [0.5, 0.6) is 0 Å². The molecule has 0 amide bonds. The van der Waals surface area contributed by atoms with E-state index < -0.39 is 35.6 Å². The highest BCUT2D eigenvalue weighted by atomic mass is 16.5. The van der Waals surface area contributed by atoms with Crippen LogP contribution in [0.2, 0.25) is 0 Å². The van der Waals surface area contributed by atoms with Crippen LogP contribution in [0.25, 0.3) is 6.08 Å². The van der Waals surface area contributed by atoms with Crippen molar-refractivity contribution in [3.8, 4) is 0 Å². The predicted octanol–water partition coefficient (Wildman–Crippen LogP) is 3.84. The molecule has 1 aliphatic carbocycles. The molecule has 0 spiro atoms. The van der Waals surface area contributed by atoms with E-state index in [1.807, 2.05) is 19.9 Å². The average Bonchev–Trinajstić information content (AvgIpc) is 3.23. The second-order valence-corrected chi connectivity index (χ2v) is 11.6. The van der Waals surface area contributed by atoms with E-state index in [4.69, 9.17) is 9.15 Å². The Morgan fingerprint density at radius 3 is 2.56 bits per heavy atom. The third-order valence-electron chi connectivity index (χ3n) is 8.22. The number of carbonyl (C=O) groups is 2. The van der Waals surface area contributed by atoms with Gasteiger partial charge in [0.25, 0.3) is 0 Å². The van der Waals surface area contributed by atoms with Crippen molar-refractivity contribution in [2.24, 2.45) is 28.6 Å². The molecule has 3 rings (SSSR count). The number of cyclic esters (lactones) is 1. The summed E-state index contributed by atoms with van der Waals surface area (Å²) in [4.78, 5) is 30.3. The summed E-state index contributed by atoms with van der Waals surface area (Å²) in [6, 6.07) is 0. The zero-order valence-corrected chi connectivity index (χ0v) is 22.2. The van der Waals surface area contributed by atoms with Gasteiger partial charge in [0.05, 0.1) is 24.0 Å². The molecule has 0 saturated heterocycles. The van der Waals surface area contributed by atoms with Crippen molar-refractivity contribution < 1.29 is 34.1 Å². The maximum atomic E-state index is 13.2. The molecule has 1 aromatic rings. The van der Waals surface area contributed by atoms with Crippen LogP contribution >= 0.6 is 0 Å². The van der Waals surface area contributed by atoms with Gasteiger partial charge < -0.3 is 24.5 Å². The molecule has 7 atom stereocenters. The minimum absolute atomic E-state index is 0.0596. The molecule has 200 valence electrons. The summed E-state index contributed by atoms with van der Waals surface area (Å²) in [5.41, 5.74) is 0.123. The Hall–Kier alpha value is -2.29. The van der Waals surface area contributed by atoms with Gasteiger partial charge in [-0.15, -0.1) is 0 Å². The Kier molecular flexibility index (Phi) is 8.63. The first kappa shape index (κ1) is 28.3. The number of Topliss-reactive ketones (excluding diaryl/α,β-unsaturated/α-hetero) is 1. The van der Waals surface area contributed by atoms with Crippen LogP contribution < -0.4 is 0 Å². The average molecular weight is 504 g/mol.